The Kier molecular flexibility index (Phi) is 12.0. The lowest BCUT2D eigenvalue weighted by molar-refractivity contribution is -0.121. The number of likely N-dealkylation sites (N-methyl/N-ethyl adjacent to an activating group) is 1. The molecular formula is C14H31N3O2. The zero-order valence-electron chi connectivity index (χ0n) is 12.7. The van der Waals surface area contributed by atoms with Gasteiger partial charge in [0.05, 0.1) is 6.10 Å². The van der Waals surface area contributed by atoms with Gasteiger partial charge in [-0.2, -0.15) is 0 Å². The van der Waals surface area contributed by atoms with E-state index >= 15 is 0 Å². The Labute approximate surface area is 117 Å². The van der Waals surface area contributed by atoms with Crippen molar-refractivity contribution in [3.63, 3.8) is 0 Å². The molecule has 19 heavy (non-hydrogen) atoms. The Morgan fingerprint density at radius 1 is 1.26 bits per heavy atom. The van der Waals surface area contributed by atoms with Crippen LogP contribution in [-0.2, 0) is 9.53 Å². The lowest BCUT2D eigenvalue weighted by Crippen LogP contribution is -2.37. The van der Waals surface area contributed by atoms with Crippen molar-refractivity contribution in [2.75, 3.05) is 27.2 Å². The third-order valence-electron chi connectivity index (χ3n) is 3.43. The summed E-state index contributed by atoms with van der Waals surface area (Å²) in [5, 5.41) is 6.21. The molecule has 5 nitrogen and oxygen atoms in total. The van der Waals surface area contributed by atoms with Crippen molar-refractivity contribution in [2.45, 2.75) is 57.6 Å². The van der Waals surface area contributed by atoms with E-state index in [1.807, 2.05) is 7.05 Å². The fraction of sp³-hybridized carbons (Fsp3) is 0.929. The number of nitrogens with one attached hydrogen (secondary N) is 2. The standard InChI is InChI=1S/C14H31N3O2/c1-12(19-3)13(16-2)8-5-7-11-17-14(18)9-4-6-10-15/h12-13,16H,4-11,15H2,1-3H3,(H,17,18). The lowest BCUT2D eigenvalue weighted by Gasteiger charge is -2.22. The highest BCUT2D eigenvalue weighted by Gasteiger charge is 2.13. The van der Waals surface area contributed by atoms with E-state index in [9.17, 15) is 4.79 Å². The average molecular weight is 273 g/mol. The van der Waals surface area contributed by atoms with Gasteiger partial charge in [0, 0.05) is 26.1 Å². The second-order valence-corrected chi connectivity index (χ2v) is 4.93. The van der Waals surface area contributed by atoms with Crippen LogP contribution in [0.25, 0.3) is 0 Å². The summed E-state index contributed by atoms with van der Waals surface area (Å²) < 4.78 is 5.31. The molecule has 0 aromatic carbocycles. The fourth-order valence-electron chi connectivity index (χ4n) is 2.01. The van der Waals surface area contributed by atoms with Crippen LogP contribution in [0.2, 0.25) is 0 Å². The predicted molar refractivity (Wildman–Crippen MR) is 79.1 cm³/mol. The van der Waals surface area contributed by atoms with Crippen molar-refractivity contribution in [3.8, 4) is 0 Å². The molecule has 2 atom stereocenters. The Morgan fingerprint density at radius 2 is 2.00 bits per heavy atom. The topological polar surface area (TPSA) is 76.4 Å². The van der Waals surface area contributed by atoms with Gasteiger partial charge in [0.1, 0.15) is 0 Å². The van der Waals surface area contributed by atoms with Gasteiger partial charge >= 0.3 is 0 Å². The summed E-state index contributed by atoms with van der Waals surface area (Å²) in [6.07, 6.45) is 5.78. The molecule has 2 unspecified atom stereocenters. The minimum absolute atomic E-state index is 0.142. The second-order valence-electron chi connectivity index (χ2n) is 4.93. The van der Waals surface area contributed by atoms with Crippen molar-refractivity contribution in [1.29, 1.82) is 0 Å². The largest absolute Gasteiger partial charge is 0.380 e. The van der Waals surface area contributed by atoms with Gasteiger partial charge in [-0.05, 0) is 46.2 Å². The molecule has 0 saturated carbocycles. The molecule has 0 saturated heterocycles. The van der Waals surface area contributed by atoms with Crippen molar-refractivity contribution in [3.05, 3.63) is 0 Å². The normalized spacial score (nSPS) is 14.1. The Hall–Kier alpha value is -0.650. The molecule has 0 aliphatic heterocycles. The summed E-state index contributed by atoms with van der Waals surface area (Å²) in [6.45, 7) is 3.50. The highest BCUT2D eigenvalue weighted by Crippen LogP contribution is 2.06. The Morgan fingerprint density at radius 3 is 2.58 bits per heavy atom. The number of unbranched alkanes of at least 4 members (excludes halogenated alkanes) is 2. The van der Waals surface area contributed by atoms with Gasteiger partial charge in [0.2, 0.25) is 5.91 Å². The number of ether oxygens (including phenoxy) is 1. The fourth-order valence-corrected chi connectivity index (χ4v) is 2.01. The monoisotopic (exact) mass is 273 g/mol. The van der Waals surface area contributed by atoms with Crippen LogP contribution in [0.5, 0.6) is 0 Å². The maximum Gasteiger partial charge on any atom is 0.219 e. The van der Waals surface area contributed by atoms with Gasteiger partial charge in [0.25, 0.3) is 0 Å². The molecule has 0 aromatic heterocycles. The Balaban J connectivity index is 3.50. The molecule has 5 heteroatoms. The number of hydrogen-bond acceptors (Lipinski definition) is 4. The van der Waals surface area contributed by atoms with Gasteiger partial charge in [-0.15, -0.1) is 0 Å². The van der Waals surface area contributed by atoms with E-state index in [-0.39, 0.29) is 12.0 Å². The molecule has 0 aliphatic carbocycles. The highest BCUT2D eigenvalue weighted by atomic mass is 16.5. The summed E-state index contributed by atoms with van der Waals surface area (Å²) >= 11 is 0. The molecular weight excluding hydrogens is 242 g/mol. The van der Waals surface area contributed by atoms with E-state index in [4.69, 9.17) is 10.5 Å². The van der Waals surface area contributed by atoms with Crippen LogP contribution in [0, 0.1) is 0 Å². The first kappa shape index (κ1) is 18.4. The molecule has 4 N–H and O–H groups in total. The summed E-state index contributed by atoms with van der Waals surface area (Å²) in [5.74, 6) is 0.142. The first-order chi connectivity index (χ1) is 9.15. The molecule has 0 rings (SSSR count). The van der Waals surface area contributed by atoms with Gasteiger partial charge in [-0.25, -0.2) is 0 Å². The lowest BCUT2D eigenvalue weighted by atomic mass is 10.1. The summed E-state index contributed by atoms with van der Waals surface area (Å²) in [5.41, 5.74) is 5.38. The molecule has 0 radical (unpaired) electrons. The number of methoxy groups -OCH3 is 1. The highest BCUT2D eigenvalue weighted by molar-refractivity contribution is 5.75. The molecule has 1 amide bonds. The van der Waals surface area contributed by atoms with E-state index in [1.165, 1.54) is 0 Å². The molecule has 0 heterocycles. The Bertz CT molecular complexity index is 225. The number of rotatable bonds is 12. The van der Waals surface area contributed by atoms with E-state index in [0.29, 0.717) is 19.0 Å². The van der Waals surface area contributed by atoms with Crippen LogP contribution in [0.3, 0.4) is 0 Å². The summed E-state index contributed by atoms with van der Waals surface area (Å²) in [6, 6.07) is 0.380. The van der Waals surface area contributed by atoms with E-state index in [1.54, 1.807) is 7.11 Å². The maximum atomic E-state index is 11.4. The first-order valence-corrected chi connectivity index (χ1v) is 7.32. The number of nitrogens with two attached hydrogens (primary N) is 1. The van der Waals surface area contributed by atoms with Crippen molar-refractivity contribution in [2.24, 2.45) is 5.73 Å². The van der Waals surface area contributed by atoms with Crippen molar-refractivity contribution in [1.82, 2.24) is 10.6 Å². The van der Waals surface area contributed by atoms with E-state index in [2.05, 4.69) is 17.6 Å². The summed E-state index contributed by atoms with van der Waals surface area (Å²) in [7, 11) is 3.69. The third-order valence-corrected chi connectivity index (χ3v) is 3.43. The molecule has 0 aromatic rings. The predicted octanol–water partition coefficient (Wildman–Crippen LogP) is 1.02. The number of carbonyl (C=O) groups is 1. The molecule has 0 bridgehead atoms. The SMILES string of the molecule is CNC(CCCCNC(=O)CCCCN)C(C)OC. The van der Waals surface area contributed by atoms with E-state index in [0.717, 1.165) is 38.6 Å². The van der Waals surface area contributed by atoms with E-state index < -0.39 is 0 Å². The van der Waals surface area contributed by atoms with Crippen LogP contribution < -0.4 is 16.4 Å². The number of carbonyl (C=O) groups excluding carboxylic acids is 1. The van der Waals surface area contributed by atoms with Crippen LogP contribution >= 0.6 is 0 Å². The van der Waals surface area contributed by atoms with Crippen LogP contribution in [-0.4, -0.2) is 45.3 Å². The maximum absolute atomic E-state index is 11.4. The van der Waals surface area contributed by atoms with Crippen LogP contribution in [0.15, 0.2) is 0 Å². The van der Waals surface area contributed by atoms with Gasteiger partial charge in [0.15, 0.2) is 0 Å². The zero-order valence-corrected chi connectivity index (χ0v) is 12.7. The molecule has 0 fully saturated rings. The van der Waals surface area contributed by atoms with Crippen LogP contribution in [0.4, 0.5) is 0 Å². The molecule has 114 valence electrons. The molecule has 0 spiro atoms. The minimum atomic E-state index is 0.142. The molecule has 0 aliphatic rings. The zero-order chi connectivity index (χ0) is 14.5. The van der Waals surface area contributed by atoms with Gasteiger partial charge < -0.3 is 21.1 Å². The average Bonchev–Trinajstić information content (AvgIpc) is 2.42. The summed E-state index contributed by atoms with van der Waals surface area (Å²) in [4.78, 5) is 11.4. The number of hydrogen-bond donors (Lipinski definition) is 3. The van der Waals surface area contributed by atoms with Gasteiger partial charge in [-0.3, -0.25) is 4.79 Å². The number of amides is 1. The quantitative estimate of drug-likeness (QED) is 0.464. The van der Waals surface area contributed by atoms with Gasteiger partial charge in [-0.1, -0.05) is 6.42 Å². The van der Waals surface area contributed by atoms with Crippen molar-refractivity contribution >= 4 is 5.91 Å². The smallest absolute Gasteiger partial charge is 0.219 e. The van der Waals surface area contributed by atoms with Crippen LogP contribution in [0.1, 0.15) is 45.4 Å². The second kappa shape index (κ2) is 12.4. The third kappa shape index (κ3) is 9.87. The minimum Gasteiger partial charge on any atom is -0.380 e. The first-order valence-electron chi connectivity index (χ1n) is 7.32. The van der Waals surface area contributed by atoms with Crippen molar-refractivity contribution < 1.29 is 9.53 Å².